The number of nitrogens with one attached hydrogen (secondary N) is 1. The molecule has 1 unspecified atom stereocenters. The van der Waals surface area contributed by atoms with Gasteiger partial charge >= 0.3 is 0 Å². The Morgan fingerprint density at radius 2 is 2.14 bits per heavy atom. The van der Waals surface area contributed by atoms with Gasteiger partial charge < -0.3 is 10.1 Å². The summed E-state index contributed by atoms with van der Waals surface area (Å²) in [5.74, 6) is 0.910. The lowest BCUT2D eigenvalue weighted by Crippen LogP contribution is -2.17. The average molecular weight is 367 g/mol. The van der Waals surface area contributed by atoms with Crippen LogP contribution in [0.15, 0.2) is 40.9 Å². The lowest BCUT2D eigenvalue weighted by Gasteiger charge is -2.28. The van der Waals surface area contributed by atoms with E-state index in [0.717, 1.165) is 33.8 Å². The summed E-state index contributed by atoms with van der Waals surface area (Å²) in [5, 5.41) is 4.33. The largest absolute Gasteiger partial charge is 0.497 e. The van der Waals surface area contributed by atoms with Crippen molar-refractivity contribution in [3.05, 3.63) is 57.0 Å². The molecule has 2 nitrogen and oxygen atoms in total. The summed E-state index contributed by atoms with van der Waals surface area (Å²) < 4.78 is 6.28. The van der Waals surface area contributed by atoms with E-state index in [0.29, 0.717) is 6.04 Å². The lowest BCUT2D eigenvalue weighted by atomic mass is 9.87. The van der Waals surface area contributed by atoms with E-state index in [1.807, 2.05) is 24.3 Å². The van der Waals surface area contributed by atoms with Gasteiger partial charge in [-0.15, -0.1) is 0 Å². The number of benzene rings is 2. The van der Waals surface area contributed by atoms with Crippen molar-refractivity contribution in [1.82, 2.24) is 0 Å². The van der Waals surface area contributed by atoms with Crippen LogP contribution >= 0.6 is 27.5 Å². The summed E-state index contributed by atoms with van der Waals surface area (Å²) in [6.45, 7) is 0. The van der Waals surface area contributed by atoms with Gasteiger partial charge in [-0.2, -0.15) is 0 Å². The molecular formula is C17H17BrClNO. The second kappa shape index (κ2) is 6.29. The number of anilines is 1. The molecule has 1 N–H and O–H groups in total. The van der Waals surface area contributed by atoms with E-state index in [1.165, 1.54) is 17.5 Å². The Bertz CT molecular complexity index is 659. The van der Waals surface area contributed by atoms with Gasteiger partial charge in [0.2, 0.25) is 0 Å². The first-order chi connectivity index (χ1) is 10.2. The molecule has 0 bridgehead atoms. The van der Waals surface area contributed by atoms with E-state index in [1.54, 1.807) is 7.11 Å². The van der Waals surface area contributed by atoms with E-state index in [9.17, 15) is 0 Å². The Hall–Kier alpha value is -1.19. The van der Waals surface area contributed by atoms with Gasteiger partial charge in [0.1, 0.15) is 5.75 Å². The molecule has 0 fully saturated rings. The topological polar surface area (TPSA) is 21.3 Å². The van der Waals surface area contributed by atoms with Gasteiger partial charge in [-0.05, 0) is 70.6 Å². The zero-order valence-electron chi connectivity index (χ0n) is 11.8. The lowest BCUT2D eigenvalue weighted by molar-refractivity contribution is 0.413. The summed E-state index contributed by atoms with van der Waals surface area (Å²) in [6.07, 6.45) is 3.43. The predicted octanol–water partition coefficient (Wildman–Crippen LogP) is 5.60. The standard InChI is InChI=1S/C17H17BrClNO/c1-21-12-9-8-11-4-2-6-15(13(11)10-12)20-16-7-3-5-14(19)17(16)18/h3,5,7-10,15,20H,2,4,6H2,1H3. The van der Waals surface area contributed by atoms with Crippen LogP contribution in [0.4, 0.5) is 5.69 Å². The quantitative estimate of drug-likeness (QED) is 0.763. The van der Waals surface area contributed by atoms with Crippen molar-refractivity contribution < 1.29 is 4.74 Å². The molecule has 0 saturated heterocycles. The third kappa shape index (κ3) is 3.04. The molecule has 0 aliphatic heterocycles. The molecule has 0 aromatic heterocycles. The van der Waals surface area contributed by atoms with Crippen LogP contribution in [-0.4, -0.2) is 7.11 Å². The van der Waals surface area contributed by atoms with E-state index in [2.05, 4.69) is 33.4 Å². The smallest absolute Gasteiger partial charge is 0.119 e. The highest BCUT2D eigenvalue weighted by Crippen LogP contribution is 2.38. The summed E-state index contributed by atoms with van der Waals surface area (Å²) in [5.41, 5.74) is 3.76. The number of hydrogen-bond acceptors (Lipinski definition) is 2. The molecule has 1 aliphatic rings. The number of rotatable bonds is 3. The fraction of sp³-hybridized carbons (Fsp3) is 0.294. The minimum absolute atomic E-state index is 0.290. The molecule has 0 spiro atoms. The summed E-state index contributed by atoms with van der Waals surface area (Å²) in [4.78, 5) is 0. The fourth-order valence-electron chi connectivity index (χ4n) is 2.86. The van der Waals surface area contributed by atoms with E-state index >= 15 is 0 Å². The van der Waals surface area contributed by atoms with Crippen molar-refractivity contribution in [2.75, 3.05) is 12.4 Å². The Kier molecular flexibility index (Phi) is 4.41. The van der Waals surface area contributed by atoms with Gasteiger partial charge in [0.15, 0.2) is 0 Å². The van der Waals surface area contributed by atoms with Gasteiger partial charge in [0.25, 0.3) is 0 Å². The Balaban J connectivity index is 1.93. The average Bonchev–Trinajstić information content (AvgIpc) is 2.51. The molecule has 0 radical (unpaired) electrons. The maximum absolute atomic E-state index is 6.17. The highest BCUT2D eigenvalue weighted by Gasteiger charge is 2.21. The molecule has 1 aliphatic carbocycles. The summed E-state index contributed by atoms with van der Waals surface area (Å²) in [6, 6.07) is 12.5. The third-order valence-electron chi connectivity index (χ3n) is 3.95. The third-order valence-corrected chi connectivity index (χ3v) is 5.35. The normalized spacial score (nSPS) is 17.2. The summed E-state index contributed by atoms with van der Waals surface area (Å²) >= 11 is 9.73. The maximum atomic E-state index is 6.17. The molecule has 2 aromatic rings. The van der Waals surface area contributed by atoms with Gasteiger partial charge in [0.05, 0.1) is 28.3 Å². The number of aryl methyl sites for hydroxylation is 1. The van der Waals surface area contributed by atoms with Crippen LogP contribution < -0.4 is 10.1 Å². The number of ether oxygens (including phenoxy) is 1. The second-order valence-corrected chi connectivity index (χ2v) is 6.46. The van der Waals surface area contributed by atoms with Gasteiger partial charge in [0, 0.05) is 0 Å². The molecule has 1 atom stereocenters. The molecule has 0 heterocycles. The Labute approximate surface area is 138 Å². The van der Waals surface area contributed by atoms with Crippen LogP contribution in [0, 0.1) is 0 Å². The van der Waals surface area contributed by atoms with Crippen LogP contribution in [0.3, 0.4) is 0 Å². The van der Waals surface area contributed by atoms with Crippen LogP contribution in [0.5, 0.6) is 5.75 Å². The van der Waals surface area contributed by atoms with Crippen molar-refractivity contribution in [2.24, 2.45) is 0 Å². The molecule has 0 amide bonds. The number of methoxy groups -OCH3 is 1. The maximum Gasteiger partial charge on any atom is 0.119 e. The van der Waals surface area contributed by atoms with E-state index in [-0.39, 0.29) is 0 Å². The number of hydrogen-bond donors (Lipinski definition) is 1. The van der Waals surface area contributed by atoms with Crippen molar-refractivity contribution in [1.29, 1.82) is 0 Å². The molecular weight excluding hydrogens is 350 g/mol. The highest BCUT2D eigenvalue weighted by molar-refractivity contribution is 9.10. The van der Waals surface area contributed by atoms with Crippen LogP contribution in [-0.2, 0) is 6.42 Å². The Morgan fingerprint density at radius 3 is 2.95 bits per heavy atom. The summed E-state index contributed by atoms with van der Waals surface area (Å²) in [7, 11) is 1.71. The van der Waals surface area contributed by atoms with Crippen molar-refractivity contribution in [3.8, 4) is 5.75 Å². The van der Waals surface area contributed by atoms with Crippen LogP contribution in [0.2, 0.25) is 5.02 Å². The van der Waals surface area contributed by atoms with Crippen molar-refractivity contribution >= 4 is 33.2 Å². The van der Waals surface area contributed by atoms with E-state index < -0.39 is 0 Å². The molecule has 0 saturated carbocycles. The highest BCUT2D eigenvalue weighted by atomic mass is 79.9. The van der Waals surface area contributed by atoms with Crippen molar-refractivity contribution in [3.63, 3.8) is 0 Å². The number of fused-ring (bicyclic) bond motifs is 1. The first kappa shape index (κ1) is 14.7. The molecule has 2 aromatic carbocycles. The monoisotopic (exact) mass is 365 g/mol. The van der Waals surface area contributed by atoms with E-state index in [4.69, 9.17) is 16.3 Å². The first-order valence-electron chi connectivity index (χ1n) is 7.06. The Morgan fingerprint density at radius 1 is 1.29 bits per heavy atom. The van der Waals surface area contributed by atoms with Crippen molar-refractivity contribution in [2.45, 2.75) is 25.3 Å². The second-order valence-electron chi connectivity index (χ2n) is 5.26. The minimum Gasteiger partial charge on any atom is -0.497 e. The molecule has 110 valence electrons. The SMILES string of the molecule is COc1ccc2c(c1)C(Nc1cccc(Cl)c1Br)CCC2. The van der Waals surface area contributed by atoms with Crippen LogP contribution in [0.25, 0.3) is 0 Å². The van der Waals surface area contributed by atoms with Gasteiger partial charge in [-0.1, -0.05) is 23.7 Å². The molecule has 21 heavy (non-hydrogen) atoms. The zero-order valence-corrected chi connectivity index (χ0v) is 14.2. The molecule has 3 rings (SSSR count). The van der Waals surface area contributed by atoms with Crippen LogP contribution in [0.1, 0.15) is 30.0 Å². The van der Waals surface area contributed by atoms with Gasteiger partial charge in [-0.3, -0.25) is 0 Å². The predicted molar refractivity (Wildman–Crippen MR) is 91.4 cm³/mol. The first-order valence-corrected chi connectivity index (χ1v) is 8.23. The zero-order chi connectivity index (χ0) is 14.8. The van der Waals surface area contributed by atoms with Gasteiger partial charge in [-0.25, -0.2) is 0 Å². The molecule has 4 heteroatoms. The fourth-order valence-corrected chi connectivity index (χ4v) is 3.41. The number of halogens is 2. The minimum atomic E-state index is 0.290.